The summed E-state index contributed by atoms with van der Waals surface area (Å²) in [6, 6.07) is 5.97. The Morgan fingerprint density at radius 2 is 2.08 bits per heavy atom. The molecule has 1 amide bonds. The summed E-state index contributed by atoms with van der Waals surface area (Å²) in [5, 5.41) is 3.86. The van der Waals surface area contributed by atoms with Gasteiger partial charge in [-0.05, 0) is 56.5 Å². The zero-order chi connectivity index (χ0) is 18.5. The van der Waals surface area contributed by atoms with Crippen LogP contribution in [-0.4, -0.2) is 23.5 Å². The van der Waals surface area contributed by atoms with Gasteiger partial charge in [0.15, 0.2) is 0 Å². The lowest BCUT2D eigenvalue weighted by Crippen LogP contribution is -2.44. The van der Waals surface area contributed by atoms with E-state index < -0.39 is 0 Å². The number of carbonyl (C=O) groups excluding carboxylic acids is 1. The standard InChI is InChI=1S/C19H24FN3O2S/c1-12-18(19(24)23-16-5-3-2-4-13(16)10-21)26-17(22-12)11-25-15-8-6-14(20)7-9-15/h6-9,13,16H,2-5,10-11,21H2,1H3,(H,23,24). The first-order chi connectivity index (χ1) is 12.6. The van der Waals surface area contributed by atoms with Gasteiger partial charge in [0.25, 0.3) is 5.91 Å². The second-order valence-electron chi connectivity index (χ2n) is 6.62. The molecule has 2 atom stereocenters. The summed E-state index contributed by atoms with van der Waals surface area (Å²) >= 11 is 1.33. The number of hydrogen-bond donors (Lipinski definition) is 2. The maximum atomic E-state index is 12.9. The topological polar surface area (TPSA) is 77.2 Å². The minimum Gasteiger partial charge on any atom is -0.486 e. The molecule has 5 nitrogen and oxygen atoms in total. The number of rotatable bonds is 6. The van der Waals surface area contributed by atoms with Crippen LogP contribution in [0.25, 0.3) is 0 Å². The molecule has 1 fully saturated rings. The Labute approximate surface area is 156 Å². The fourth-order valence-electron chi connectivity index (χ4n) is 3.31. The molecule has 1 saturated carbocycles. The van der Waals surface area contributed by atoms with Gasteiger partial charge in [0.2, 0.25) is 0 Å². The van der Waals surface area contributed by atoms with Crippen molar-refractivity contribution in [1.29, 1.82) is 0 Å². The van der Waals surface area contributed by atoms with Crippen LogP contribution in [0.5, 0.6) is 5.75 Å². The SMILES string of the molecule is Cc1nc(COc2ccc(F)cc2)sc1C(=O)NC1CCCCC1CN. The van der Waals surface area contributed by atoms with Crippen LogP contribution in [-0.2, 0) is 6.61 Å². The van der Waals surface area contributed by atoms with Crippen LogP contribution in [0.3, 0.4) is 0 Å². The van der Waals surface area contributed by atoms with Crippen molar-refractivity contribution in [2.75, 3.05) is 6.54 Å². The average molecular weight is 377 g/mol. The molecule has 7 heteroatoms. The maximum Gasteiger partial charge on any atom is 0.263 e. The molecule has 1 heterocycles. The Hall–Kier alpha value is -1.99. The van der Waals surface area contributed by atoms with E-state index in [0.29, 0.717) is 28.8 Å². The van der Waals surface area contributed by atoms with E-state index in [1.54, 1.807) is 12.1 Å². The lowest BCUT2D eigenvalue weighted by molar-refractivity contribution is 0.0911. The maximum absolute atomic E-state index is 12.9. The second-order valence-corrected chi connectivity index (χ2v) is 7.71. The van der Waals surface area contributed by atoms with Gasteiger partial charge in [-0.3, -0.25) is 4.79 Å². The van der Waals surface area contributed by atoms with Crippen LogP contribution in [0.1, 0.15) is 46.1 Å². The van der Waals surface area contributed by atoms with Crippen molar-refractivity contribution in [2.45, 2.75) is 45.3 Å². The minimum atomic E-state index is -0.306. The highest BCUT2D eigenvalue weighted by atomic mass is 32.1. The molecule has 1 aliphatic rings. The normalized spacial score (nSPS) is 20.0. The van der Waals surface area contributed by atoms with Crippen molar-refractivity contribution in [3.8, 4) is 5.75 Å². The molecule has 2 unspecified atom stereocenters. The van der Waals surface area contributed by atoms with Crippen molar-refractivity contribution >= 4 is 17.2 Å². The fraction of sp³-hybridized carbons (Fsp3) is 0.474. The number of carbonyl (C=O) groups is 1. The Balaban J connectivity index is 1.61. The number of nitrogens with zero attached hydrogens (tertiary/aromatic N) is 1. The summed E-state index contributed by atoms with van der Waals surface area (Å²) < 4.78 is 18.5. The Morgan fingerprint density at radius 1 is 1.35 bits per heavy atom. The zero-order valence-electron chi connectivity index (χ0n) is 14.8. The first kappa shape index (κ1) is 18.8. The van der Waals surface area contributed by atoms with E-state index in [1.807, 2.05) is 6.92 Å². The minimum absolute atomic E-state index is 0.0848. The van der Waals surface area contributed by atoms with E-state index >= 15 is 0 Å². The monoisotopic (exact) mass is 377 g/mol. The van der Waals surface area contributed by atoms with Crippen molar-refractivity contribution in [3.63, 3.8) is 0 Å². The van der Waals surface area contributed by atoms with Gasteiger partial charge in [-0.15, -0.1) is 11.3 Å². The van der Waals surface area contributed by atoms with E-state index in [1.165, 1.54) is 29.9 Å². The molecule has 2 aromatic rings. The van der Waals surface area contributed by atoms with Crippen molar-refractivity contribution < 1.29 is 13.9 Å². The van der Waals surface area contributed by atoms with Crippen molar-refractivity contribution in [1.82, 2.24) is 10.3 Å². The Morgan fingerprint density at radius 3 is 2.81 bits per heavy atom. The third-order valence-electron chi connectivity index (χ3n) is 4.75. The largest absolute Gasteiger partial charge is 0.486 e. The number of benzene rings is 1. The van der Waals surface area contributed by atoms with Crippen LogP contribution in [0.2, 0.25) is 0 Å². The summed E-state index contributed by atoms with van der Waals surface area (Å²) in [6.45, 7) is 2.68. The molecular formula is C19H24FN3O2S. The summed E-state index contributed by atoms with van der Waals surface area (Å²) in [5.74, 6) is 0.527. The molecule has 0 radical (unpaired) electrons. The molecule has 1 aromatic heterocycles. The van der Waals surface area contributed by atoms with Crippen molar-refractivity contribution in [3.05, 3.63) is 45.7 Å². The molecule has 140 valence electrons. The number of thiazole rings is 1. The number of aromatic nitrogens is 1. The quantitative estimate of drug-likeness (QED) is 0.809. The van der Waals surface area contributed by atoms with Gasteiger partial charge in [0.05, 0.1) is 5.69 Å². The summed E-state index contributed by atoms with van der Waals surface area (Å²) in [6.07, 6.45) is 4.35. The van der Waals surface area contributed by atoms with Crippen LogP contribution in [0.4, 0.5) is 4.39 Å². The first-order valence-corrected chi connectivity index (χ1v) is 9.74. The lowest BCUT2D eigenvalue weighted by atomic mass is 9.84. The highest BCUT2D eigenvalue weighted by Gasteiger charge is 2.27. The number of halogens is 1. The highest BCUT2D eigenvalue weighted by Crippen LogP contribution is 2.25. The van der Waals surface area contributed by atoms with Crippen LogP contribution < -0.4 is 15.8 Å². The molecule has 0 aliphatic heterocycles. The third-order valence-corrected chi connectivity index (χ3v) is 5.88. The predicted molar refractivity (Wildman–Crippen MR) is 99.8 cm³/mol. The van der Waals surface area contributed by atoms with Crippen LogP contribution in [0.15, 0.2) is 24.3 Å². The van der Waals surface area contributed by atoms with E-state index in [4.69, 9.17) is 10.5 Å². The van der Waals surface area contributed by atoms with Gasteiger partial charge in [-0.2, -0.15) is 0 Å². The molecule has 1 aromatic carbocycles. The number of amides is 1. The summed E-state index contributed by atoms with van der Waals surface area (Å²) in [5.41, 5.74) is 6.54. The van der Waals surface area contributed by atoms with Gasteiger partial charge in [0.1, 0.15) is 28.1 Å². The number of nitrogens with one attached hydrogen (secondary N) is 1. The second kappa shape index (κ2) is 8.60. The van der Waals surface area contributed by atoms with Gasteiger partial charge in [0, 0.05) is 6.04 Å². The fourth-order valence-corrected chi connectivity index (χ4v) is 4.20. The van der Waals surface area contributed by atoms with Crippen molar-refractivity contribution in [2.24, 2.45) is 11.7 Å². The van der Waals surface area contributed by atoms with Gasteiger partial charge in [-0.25, -0.2) is 9.37 Å². The van der Waals surface area contributed by atoms with E-state index in [9.17, 15) is 9.18 Å². The third kappa shape index (κ3) is 4.59. The molecule has 3 N–H and O–H groups in total. The van der Waals surface area contributed by atoms with Gasteiger partial charge in [-0.1, -0.05) is 12.8 Å². The Kier molecular flexibility index (Phi) is 6.21. The molecule has 0 spiro atoms. The van der Waals surface area contributed by atoms with Crippen LogP contribution in [0, 0.1) is 18.7 Å². The lowest BCUT2D eigenvalue weighted by Gasteiger charge is -2.31. The summed E-state index contributed by atoms with van der Waals surface area (Å²) in [7, 11) is 0. The van der Waals surface area contributed by atoms with Gasteiger partial charge >= 0.3 is 0 Å². The van der Waals surface area contributed by atoms with Gasteiger partial charge < -0.3 is 15.8 Å². The molecule has 26 heavy (non-hydrogen) atoms. The zero-order valence-corrected chi connectivity index (χ0v) is 15.7. The number of nitrogens with two attached hydrogens (primary N) is 1. The molecular weight excluding hydrogens is 353 g/mol. The van der Waals surface area contributed by atoms with E-state index in [0.717, 1.165) is 24.3 Å². The number of hydrogen-bond acceptors (Lipinski definition) is 5. The highest BCUT2D eigenvalue weighted by molar-refractivity contribution is 7.13. The first-order valence-electron chi connectivity index (χ1n) is 8.92. The smallest absolute Gasteiger partial charge is 0.263 e. The number of ether oxygens (including phenoxy) is 1. The molecule has 3 rings (SSSR count). The average Bonchev–Trinajstić information content (AvgIpc) is 3.02. The molecule has 0 bridgehead atoms. The van der Waals surface area contributed by atoms with E-state index in [-0.39, 0.29) is 24.4 Å². The Bertz CT molecular complexity index is 748. The summed E-state index contributed by atoms with van der Waals surface area (Å²) in [4.78, 5) is 17.7. The molecule has 1 aliphatic carbocycles. The van der Waals surface area contributed by atoms with Crippen LogP contribution >= 0.6 is 11.3 Å². The number of aryl methyl sites for hydroxylation is 1. The van der Waals surface area contributed by atoms with E-state index in [2.05, 4.69) is 10.3 Å². The molecule has 0 saturated heterocycles. The predicted octanol–water partition coefficient (Wildman–Crippen LogP) is 3.42.